The molecule has 0 saturated heterocycles. The summed E-state index contributed by atoms with van der Waals surface area (Å²) in [6.45, 7) is 4.34. The van der Waals surface area contributed by atoms with Gasteiger partial charge in [0.2, 0.25) is 5.78 Å². The average Bonchev–Trinajstić information content (AvgIpc) is 2.54. The van der Waals surface area contributed by atoms with Crippen molar-refractivity contribution in [3.05, 3.63) is 12.2 Å². The van der Waals surface area contributed by atoms with E-state index in [1.165, 1.54) is 6.92 Å². The number of ketones is 1. The van der Waals surface area contributed by atoms with Gasteiger partial charge in [-0.2, -0.15) is 26.3 Å². The molecule has 5 nitrogen and oxygen atoms in total. The van der Waals surface area contributed by atoms with Gasteiger partial charge in [-0.15, -0.1) is 0 Å². The van der Waals surface area contributed by atoms with Gasteiger partial charge < -0.3 is 9.47 Å². The van der Waals surface area contributed by atoms with Gasteiger partial charge in [-0.1, -0.05) is 13.5 Å². The summed E-state index contributed by atoms with van der Waals surface area (Å²) in [5.41, 5.74) is -0.151. The van der Waals surface area contributed by atoms with Crippen LogP contribution in [0.3, 0.4) is 0 Å². The monoisotopic (exact) mass is 406 g/mol. The second-order valence-corrected chi connectivity index (χ2v) is 5.89. The summed E-state index contributed by atoms with van der Waals surface area (Å²) >= 11 is 0. The van der Waals surface area contributed by atoms with Gasteiger partial charge in [0, 0.05) is 25.3 Å². The van der Waals surface area contributed by atoms with Gasteiger partial charge in [0.25, 0.3) is 0 Å². The van der Waals surface area contributed by atoms with Crippen LogP contribution in [0.5, 0.6) is 0 Å². The van der Waals surface area contributed by atoms with E-state index in [0.29, 0.717) is 0 Å². The van der Waals surface area contributed by atoms with E-state index >= 15 is 0 Å². The predicted octanol–water partition coefficient (Wildman–Crippen LogP) is 3.70. The zero-order valence-corrected chi connectivity index (χ0v) is 14.9. The first-order valence-corrected chi connectivity index (χ1v) is 7.76. The molecule has 11 heteroatoms. The molecule has 27 heavy (non-hydrogen) atoms. The van der Waals surface area contributed by atoms with Crippen LogP contribution in [0, 0.1) is 0 Å². The molecule has 0 aliphatic rings. The Morgan fingerprint density at radius 3 is 2.00 bits per heavy atom. The lowest BCUT2D eigenvalue weighted by Gasteiger charge is -2.23. The van der Waals surface area contributed by atoms with Crippen molar-refractivity contribution in [1.29, 1.82) is 0 Å². The normalized spacial score (nSPS) is 13.7. The van der Waals surface area contributed by atoms with E-state index in [4.69, 9.17) is 4.74 Å². The van der Waals surface area contributed by atoms with Crippen molar-refractivity contribution in [3.8, 4) is 0 Å². The van der Waals surface area contributed by atoms with Crippen LogP contribution in [0.2, 0.25) is 0 Å². The maximum atomic E-state index is 13.3. The van der Waals surface area contributed by atoms with E-state index in [2.05, 4.69) is 11.3 Å². The van der Waals surface area contributed by atoms with Crippen LogP contribution in [0.25, 0.3) is 0 Å². The maximum Gasteiger partial charge on any atom is 0.377 e. The number of hydrogen-bond donors (Lipinski definition) is 0. The highest BCUT2D eigenvalue weighted by molar-refractivity contribution is 5.88. The molecular weight excluding hydrogens is 386 g/mol. The Morgan fingerprint density at radius 2 is 1.59 bits per heavy atom. The lowest BCUT2D eigenvalue weighted by Crippen LogP contribution is -2.45. The molecule has 0 aliphatic carbocycles. The maximum absolute atomic E-state index is 13.3. The van der Waals surface area contributed by atoms with Gasteiger partial charge >= 0.3 is 29.7 Å². The van der Waals surface area contributed by atoms with Crippen LogP contribution in [0.1, 0.15) is 40.0 Å². The molecule has 0 aliphatic heterocycles. The van der Waals surface area contributed by atoms with Crippen LogP contribution in [-0.2, 0) is 23.9 Å². The molecule has 0 bridgehead atoms. The number of carbonyl (C=O) groups is 3. The van der Waals surface area contributed by atoms with Crippen LogP contribution < -0.4 is 0 Å². The van der Waals surface area contributed by atoms with Gasteiger partial charge in [0.15, 0.2) is 0 Å². The molecule has 0 aromatic carbocycles. The smallest absolute Gasteiger partial charge is 0.377 e. The van der Waals surface area contributed by atoms with Crippen molar-refractivity contribution < 1.29 is 50.2 Å². The number of Topliss-reactive ketones (excluding diaryl/α,β-unsaturated/α-hetero) is 1. The minimum absolute atomic E-state index is 0.141. The molecule has 0 aromatic rings. The average molecular weight is 406 g/mol. The number of hydrogen-bond acceptors (Lipinski definition) is 5. The lowest BCUT2D eigenvalue weighted by molar-refractivity contribution is -0.201. The Hall–Kier alpha value is -2.07. The molecule has 0 aromatic heterocycles. The third-order valence-corrected chi connectivity index (χ3v) is 3.36. The molecule has 0 spiro atoms. The van der Waals surface area contributed by atoms with E-state index in [1.54, 1.807) is 0 Å². The molecule has 0 heterocycles. The molecule has 0 fully saturated rings. The van der Waals surface area contributed by atoms with Gasteiger partial charge in [-0.05, 0) is 13.3 Å². The number of ether oxygens (including phenoxy) is 2. The zero-order chi connectivity index (χ0) is 21.6. The van der Waals surface area contributed by atoms with Gasteiger partial charge in [0.05, 0.1) is 0 Å². The van der Waals surface area contributed by atoms with Crippen LogP contribution in [0.15, 0.2) is 12.2 Å². The summed E-state index contributed by atoms with van der Waals surface area (Å²) in [5, 5.41) is 0. The molecule has 0 N–H and O–H groups in total. The summed E-state index contributed by atoms with van der Waals surface area (Å²) in [5.74, 6) is -18.6. The summed E-state index contributed by atoms with van der Waals surface area (Å²) in [6.07, 6.45) is -4.39. The van der Waals surface area contributed by atoms with Crippen molar-refractivity contribution in [2.45, 2.75) is 63.9 Å². The Kier molecular flexibility index (Phi) is 8.52. The summed E-state index contributed by atoms with van der Waals surface area (Å²) in [4.78, 5) is 34.1. The topological polar surface area (TPSA) is 69.7 Å². The number of rotatable bonds is 11. The molecule has 156 valence electrons. The molecule has 0 radical (unpaired) electrons. The lowest BCUT2D eigenvalue weighted by atomic mass is 10.0. The fourth-order valence-electron chi connectivity index (χ4n) is 1.54. The summed E-state index contributed by atoms with van der Waals surface area (Å²) in [7, 11) is 0. The van der Waals surface area contributed by atoms with Crippen molar-refractivity contribution in [1.82, 2.24) is 0 Å². The Bertz CT molecular complexity index is 582. The van der Waals surface area contributed by atoms with Crippen LogP contribution >= 0.6 is 0 Å². The molecule has 1 unspecified atom stereocenters. The second-order valence-electron chi connectivity index (χ2n) is 5.89. The molecule has 0 rings (SSSR count). The number of halogens is 6. The number of alkyl halides is 6. The van der Waals surface area contributed by atoms with E-state index in [0.717, 1.165) is 6.92 Å². The molecule has 0 saturated carbocycles. The highest BCUT2D eigenvalue weighted by atomic mass is 19.3. The van der Waals surface area contributed by atoms with E-state index in [9.17, 15) is 40.7 Å². The highest BCUT2D eigenvalue weighted by Crippen LogP contribution is 2.35. The molecule has 1 atom stereocenters. The second kappa shape index (κ2) is 9.23. The third kappa shape index (κ3) is 7.22. The SMILES string of the molecule is C=C(C)C(=O)OC(CCC(=O)C(F)(F)C(C)(F)F)COC(=O)C(F)(F)CC. The Balaban J connectivity index is 5.07. The highest BCUT2D eigenvalue weighted by Gasteiger charge is 2.57. The first kappa shape index (κ1) is 24.9. The molecule has 0 amide bonds. The first-order valence-electron chi connectivity index (χ1n) is 7.76. The largest absolute Gasteiger partial charge is 0.457 e. The predicted molar refractivity (Wildman–Crippen MR) is 80.7 cm³/mol. The summed E-state index contributed by atoms with van der Waals surface area (Å²) in [6, 6.07) is 0. The Morgan fingerprint density at radius 1 is 1.07 bits per heavy atom. The zero-order valence-electron chi connectivity index (χ0n) is 14.9. The standard InChI is InChI=1S/C16H20F6O5/c1-5-15(19,20)13(25)26-8-10(27-12(24)9(2)3)6-7-11(23)16(21,22)14(4,17)18/h10H,2,5-8H2,1,3-4H3. The molecular formula is C16H20F6O5. The summed E-state index contributed by atoms with van der Waals surface area (Å²) < 4.78 is 87.4. The fourth-order valence-corrected chi connectivity index (χ4v) is 1.54. The number of esters is 2. The van der Waals surface area contributed by atoms with Crippen LogP contribution in [0.4, 0.5) is 26.3 Å². The van der Waals surface area contributed by atoms with Crippen molar-refractivity contribution in [2.24, 2.45) is 0 Å². The quantitative estimate of drug-likeness (QED) is 0.297. The minimum Gasteiger partial charge on any atom is -0.457 e. The van der Waals surface area contributed by atoms with Gasteiger partial charge in [-0.25, -0.2) is 9.59 Å². The van der Waals surface area contributed by atoms with E-state index < -0.39 is 67.5 Å². The van der Waals surface area contributed by atoms with E-state index in [1.807, 2.05) is 0 Å². The van der Waals surface area contributed by atoms with Crippen molar-refractivity contribution in [3.63, 3.8) is 0 Å². The van der Waals surface area contributed by atoms with E-state index in [-0.39, 0.29) is 12.5 Å². The first-order chi connectivity index (χ1) is 12.1. The fraction of sp³-hybridized carbons (Fsp3) is 0.688. The van der Waals surface area contributed by atoms with Gasteiger partial charge in [0.1, 0.15) is 12.7 Å². The van der Waals surface area contributed by atoms with Crippen molar-refractivity contribution >= 4 is 17.7 Å². The van der Waals surface area contributed by atoms with Crippen LogP contribution in [-0.4, -0.2) is 48.2 Å². The third-order valence-electron chi connectivity index (χ3n) is 3.36. The minimum atomic E-state index is -4.97. The number of carbonyl (C=O) groups excluding carboxylic acids is 3. The Labute approximate surface area is 151 Å². The van der Waals surface area contributed by atoms with Gasteiger partial charge in [-0.3, -0.25) is 4.79 Å². The van der Waals surface area contributed by atoms with Crippen molar-refractivity contribution in [2.75, 3.05) is 6.61 Å².